The van der Waals surface area contributed by atoms with E-state index in [9.17, 15) is 14.4 Å². The van der Waals surface area contributed by atoms with Gasteiger partial charge in [0.2, 0.25) is 0 Å². The number of nitrogens with zero attached hydrogens (tertiary/aromatic N) is 1. The highest BCUT2D eigenvalue weighted by molar-refractivity contribution is 5.83. The van der Waals surface area contributed by atoms with Crippen molar-refractivity contribution in [1.82, 2.24) is 15.5 Å². The molecule has 1 saturated carbocycles. The van der Waals surface area contributed by atoms with E-state index in [0.717, 1.165) is 19.5 Å². The number of carbonyl (C=O) groups is 3. The van der Waals surface area contributed by atoms with Gasteiger partial charge in [0.1, 0.15) is 6.04 Å². The zero-order valence-corrected chi connectivity index (χ0v) is 11.7. The van der Waals surface area contributed by atoms with Crippen molar-refractivity contribution in [1.29, 1.82) is 0 Å². The minimum absolute atomic E-state index is 0.0273. The summed E-state index contributed by atoms with van der Waals surface area (Å²) in [6.07, 6.45) is 2.87. The predicted molar refractivity (Wildman–Crippen MR) is 73.0 cm³/mol. The van der Waals surface area contributed by atoms with Gasteiger partial charge in [0.15, 0.2) is 0 Å². The Hall–Kier alpha value is -1.83. The van der Waals surface area contributed by atoms with Crippen molar-refractivity contribution in [3.05, 3.63) is 0 Å². The Morgan fingerprint density at radius 1 is 1.19 bits per heavy atom. The van der Waals surface area contributed by atoms with E-state index in [4.69, 9.17) is 10.2 Å². The number of likely N-dealkylation sites (tertiary alicyclic amines) is 1. The van der Waals surface area contributed by atoms with Crippen LogP contribution in [0, 0.1) is 0 Å². The van der Waals surface area contributed by atoms with Gasteiger partial charge in [-0.25, -0.2) is 9.59 Å². The standard InChI is InChI=1S/C13H21N3O5/c17-11(18)4-3-10(12(19)20)15-13(21)14-8-5-6-16(7-8)9-1-2-9/h8-10H,1-7H2,(H,17,18)(H,19,20)(H2,14,15,21)/t8?,10-/m0/s1. The lowest BCUT2D eigenvalue weighted by atomic mass is 10.1. The highest BCUT2D eigenvalue weighted by atomic mass is 16.4. The zero-order chi connectivity index (χ0) is 15.4. The van der Waals surface area contributed by atoms with Crippen LogP contribution in [-0.4, -0.2) is 64.3 Å². The van der Waals surface area contributed by atoms with E-state index in [-0.39, 0.29) is 18.9 Å². The van der Waals surface area contributed by atoms with Crippen molar-refractivity contribution in [2.24, 2.45) is 0 Å². The third-order valence-corrected chi connectivity index (χ3v) is 3.87. The average Bonchev–Trinajstić information content (AvgIpc) is 3.15. The molecule has 1 heterocycles. The third-order valence-electron chi connectivity index (χ3n) is 3.87. The number of aliphatic carboxylic acids is 2. The van der Waals surface area contributed by atoms with E-state index in [0.29, 0.717) is 6.04 Å². The molecule has 2 fully saturated rings. The molecule has 0 aromatic carbocycles. The lowest BCUT2D eigenvalue weighted by Gasteiger charge is -2.18. The predicted octanol–water partition coefficient (Wildman–Crippen LogP) is -0.160. The summed E-state index contributed by atoms with van der Waals surface area (Å²) in [5.41, 5.74) is 0. The molecule has 2 rings (SSSR count). The van der Waals surface area contributed by atoms with Crippen molar-refractivity contribution in [2.75, 3.05) is 13.1 Å². The van der Waals surface area contributed by atoms with Crippen LogP contribution >= 0.6 is 0 Å². The Labute approximate surface area is 122 Å². The number of hydrogen-bond acceptors (Lipinski definition) is 4. The molecule has 0 bridgehead atoms. The molecule has 118 valence electrons. The van der Waals surface area contributed by atoms with Crippen LogP contribution in [0.5, 0.6) is 0 Å². The quantitative estimate of drug-likeness (QED) is 0.518. The van der Waals surface area contributed by atoms with Crippen LogP contribution in [0.4, 0.5) is 4.79 Å². The van der Waals surface area contributed by atoms with Gasteiger partial charge < -0.3 is 20.8 Å². The minimum Gasteiger partial charge on any atom is -0.481 e. The van der Waals surface area contributed by atoms with Gasteiger partial charge in [0, 0.05) is 31.6 Å². The number of rotatable bonds is 7. The van der Waals surface area contributed by atoms with Gasteiger partial charge in [0.25, 0.3) is 0 Å². The molecule has 8 nitrogen and oxygen atoms in total. The fraction of sp³-hybridized carbons (Fsp3) is 0.769. The highest BCUT2D eigenvalue weighted by Gasteiger charge is 2.35. The smallest absolute Gasteiger partial charge is 0.326 e. The first-order valence-electron chi connectivity index (χ1n) is 7.21. The molecule has 0 radical (unpaired) electrons. The Morgan fingerprint density at radius 3 is 2.48 bits per heavy atom. The molecule has 0 aromatic heterocycles. The van der Waals surface area contributed by atoms with Crippen LogP contribution in [0.25, 0.3) is 0 Å². The summed E-state index contributed by atoms with van der Waals surface area (Å²) >= 11 is 0. The monoisotopic (exact) mass is 299 g/mol. The largest absolute Gasteiger partial charge is 0.481 e. The lowest BCUT2D eigenvalue weighted by molar-refractivity contribution is -0.140. The molecule has 1 aliphatic carbocycles. The Balaban J connectivity index is 1.73. The maximum Gasteiger partial charge on any atom is 0.326 e. The minimum atomic E-state index is -1.22. The number of amides is 2. The number of urea groups is 1. The first kappa shape index (κ1) is 15.6. The van der Waals surface area contributed by atoms with Crippen molar-refractivity contribution in [3.8, 4) is 0 Å². The molecule has 1 saturated heterocycles. The fourth-order valence-corrected chi connectivity index (χ4v) is 2.59. The topological polar surface area (TPSA) is 119 Å². The molecule has 1 unspecified atom stereocenters. The van der Waals surface area contributed by atoms with Crippen LogP contribution < -0.4 is 10.6 Å². The second-order valence-electron chi connectivity index (χ2n) is 5.65. The summed E-state index contributed by atoms with van der Waals surface area (Å²) in [6, 6.07) is -1.04. The number of nitrogens with one attached hydrogen (secondary N) is 2. The lowest BCUT2D eigenvalue weighted by Crippen LogP contribution is -2.49. The first-order valence-corrected chi connectivity index (χ1v) is 7.21. The number of carboxylic acids is 2. The molecule has 1 aliphatic heterocycles. The zero-order valence-electron chi connectivity index (χ0n) is 11.7. The Morgan fingerprint density at radius 2 is 1.90 bits per heavy atom. The van der Waals surface area contributed by atoms with E-state index in [1.165, 1.54) is 12.8 Å². The van der Waals surface area contributed by atoms with Gasteiger partial charge in [-0.05, 0) is 25.7 Å². The first-order chi connectivity index (χ1) is 9.95. The van der Waals surface area contributed by atoms with Crippen molar-refractivity contribution < 1.29 is 24.6 Å². The van der Waals surface area contributed by atoms with Crippen molar-refractivity contribution >= 4 is 18.0 Å². The second kappa shape index (κ2) is 6.75. The van der Waals surface area contributed by atoms with Gasteiger partial charge in [-0.1, -0.05) is 0 Å². The van der Waals surface area contributed by atoms with Crippen LogP contribution in [0.2, 0.25) is 0 Å². The van der Waals surface area contributed by atoms with E-state index >= 15 is 0 Å². The molecule has 8 heteroatoms. The molecule has 21 heavy (non-hydrogen) atoms. The van der Waals surface area contributed by atoms with Gasteiger partial charge in [-0.15, -0.1) is 0 Å². The number of hydrogen-bond donors (Lipinski definition) is 4. The van der Waals surface area contributed by atoms with Gasteiger partial charge in [-0.2, -0.15) is 0 Å². The maximum atomic E-state index is 11.8. The van der Waals surface area contributed by atoms with Crippen molar-refractivity contribution in [3.63, 3.8) is 0 Å². The fourth-order valence-electron chi connectivity index (χ4n) is 2.59. The van der Waals surface area contributed by atoms with Crippen LogP contribution in [0.3, 0.4) is 0 Å². The average molecular weight is 299 g/mol. The van der Waals surface area contributed by atoms with Crippen molar-refractivity contribution in [2.45, 2.75) is 50.2 Å². The van der Waals surface area contributed by atoms with Crippen LogP contribution in [0.1, 0.15) is 32.1 Å². The normalized spacial score (nSPS) is 23.5. The van der Waals surface area contributed by atoms with E-state index < -0.39 is 24.0 Å². The summed E-state index contributed by atoms with van der Waals surface area (Å²) in [6.45, 7) is 1.75. The molecule has 2 atom stereocenters. The summed E-state index contributed by atoms with van der Waals surface area (Å²) < 4.78 is 0. The molecule has 0 aromatic rings. The van der Waals surface area contributed by atoms with Gasteiger partial charge >= 0.3 is 18.0 Å². The summed E-state index contributed by atoms with van der Waals surface area (Å²) in [7, 11) is 0. The molecule has 0 spiro atoms. The molecule has 4 N–H and O–H groups in total. The molecular formula is C13H21N3O5. The third kappa shape index (κ3) is 4.89. The van der Waals surface area contributed by atoms with Gasteiger partial charge in [-0.3, -0.25) is 9.69 Å². The summed E-state index contributed by atoms with van der Waals surface area (Å²) in [4.78, 5) is 35.6. The van der Waals surface area contributed by atoms with Crippen LogP contribution in [0.15, 0.2) is 0 Å². The van der Waals surface area contributed by atoms with E-state index in [2.05, 4.69) is 15.5 Å². The maximum absolute atomic E-state index is 11.8. The summed E-state index contributed by atoms with van der Waals surface area (Å²) in [5.74, 6) is -2.31. The number of carbonyl (C=O) groups excluding carboxylic acids is 1. The van der Waals surface area contributed by atoms with Gasteiger partial charge in [0.05, 0.1) is 0 Å². The van der Waals surface area contributed by atoms with E-state index in [1.807, 2.05) is 0 Å². The number of carboxylic acid groups (broad SMARTS) is 2. The Bertz CT molecular complexity index is 424. The molecule has 2 amide bonds. The summed E-state index contributed by atoms with van der Waals surface area (Å²) in [5, 5.41) is 22.6. The molecular weight excluding hydrogens is 278 g/mol. The SMILES string of the molecule is O=C(O)CC[C@H](NC(=O)NC1CCN(C2CC2)C1)C(=O)O. The molecule has 2 aliphatic rings. The second-order valence-corrected chi connectivity index (χ2v) is 5.65. The Kier molecular flexibility index (Phi) is 5.00. The van der Waals surface area contributed by atoms with Crippen LogP contribution in [-0.2, 0) is 9.59 Å². The van der Waals surface area contributed by atoms with E-state index in [1.54, 1.807) is 0 Å². The highest BCUT2D eigenvalue weighted by Crippen LogP contribution is 2.29.